The van der Waals surface area contributed by atoms with Crippen LogP contribution in [0.15, 0.2) is 48.5 Å². The van der Waals surface area contributed by atoms with Crippen LogP contribution in [0.2, 0.25) is 5.02 Å². The third-order valence-corrected chi connectivity index (χ3v) is 3.04. The van der Waals surface area contributed by atoms with Gasteiger partial charge in [0.05, 0.1) is 0 Å². The molecule has 114 valence electrons. The van der Waals surface area contributed by atoms with Crippen LogP contribution in [0.3, 0.4) is 0 Å². The van der Waals surface area contributed by atoms with Gasteiger partial charge < -0.3 is 16.0 Å². The van der Waals surface area contributed by atoms with Crippen LogP contribution in [0.5, 0.6) is 0 Å². The normalized spacial score (nSPS) is 9.91. The van der Waals surface area contributed by atoms with Gasteiger partial charge in [-0.1, -0.05) is 23.7 Å². The minimum atomic E-state index is -0.407. The van der Waals surface area contributed by atoms with Crippen LogP contribution in [0.1, 0.15) is 17.3 Å². The quantitative estimate of drug-likeness (QED) is 0.804. The number of rotatable bonds is 4. The predicted molar refractivity (Wildman–Crippen MR) is 88.5 cm³/mol. The lowest BCUT2D eigenvalue weighted by atomic mass is 10.2. The lowest BCUT2D eigenvalue weighted by molar-refractivity contribution is 0.0956. The summed E-state index contributed by atoms with van der Waals surface area (Å²) in [6.07, 6.45) is 0. The van der Waals surface area contributed by atoms with Crippen molar-refractivity contribution in [2.75, 3.05) is 17.2 Å². The number of urea groups is 1. The molecule has 0 spiro atoms. The SMILES string of the molecule is CCNC(=O)c1cccc(NC(=O)Nc2cccc(Cl)c2)c1. The molecule has 3 amide bonds. The fourth-order valence-corrected chi connectivity index (χ4v) is 2.05. The zero-order valence-electron chi connectivity index (χ0n) is 12.0. The third kappa shape index (κ3) is 4.49. The van der Waals surface area contributed by atoms with E-state index in [-0.39, 0.29) is 5.91 Å². The second-order valence-electron chi connectivity index (χ2n) is 4.53. The summed E-state index contributed by atoms with van der Waals surface area (Å²) < 4.78 is 0. The molecule has 2 rings (SSSR count). The van der Waals surface area contributed by atoms with E-state index in [1.165, 1.54) is 0 Å². The molecule has 0 saturated heterocycles. The van der Waals surface area contributed by atoms with Gasteiger partial charge >= 0.3 is 6.03 Å². The maximum atomic E-state index is 11.9. The Morgan fingerprint density at radius 3 is 2.27 bits per heavy atom. The number of anilines is 2. The van der Waals surface area contributed by atoms with Gasteiger partial charge in [-0.15, -0.1) is 0 Å². The maximum absolute atomic E-state index is 11.9. The fourth-order valence-electron chi connectivity index (χ4n) is 1.86. The highest BCUT2D eigenvalue weighted by Gasteiger charge is 2.07. The number of amides is 3. The molecule has 0 aliphatic carbocycles. The van der Waals surface area contributed by atoms with Crippen LogP contribution < -0.4 is 16.0 Å². The van der Waals surface area contributed by atoms with E-state index in [1.54, 1.807) is 48.5 Å². The smallest absolute Gasteiger partial charge is 0.323 e. The first-order valence-corrected chi connectivity index (χ1v) is 7.18. The summed E-state index contributed by atoms with van der Waals surface area (Å²) in [5.41, 5.74) is 1.61. The topological polar surface area (TPSA) is 70.2 Å². The highest BCUT2D eigenvalue weighted by atomic mass is 35.5. The standard InChI is InChI=1S/C16H16ClN3O2/c1-2-18-15(21)11-5-3-7-13(9-11)19-16(22)20-14-8-4-6-12(17)10-14/h3-10H,2H2,1H3,(H,18,21)(H2,19,20,22). The van der Waals surface area contributed by atoms with E-state index in [4.69, 9.17) is 11.6 Å². The molecule has 0 bridgehead atoms. The Balaban J connectivity index is 2.02. The van der Waals surface area contributed by atoms with Crippen LogP contribution >= 0.6 is 11.6 Å². The van der Waals surface area contributed by atoms with Crippen molar-refractivity contribution >= 4 is 34.9 Å². The molecule has 22 heavy (non-hydrogen) atoms. The van der Waals surface area contributed by atoms with Crippen LogP contribution in [-0.4, -0.2) is 18.5 Å². The Morgan fingerprint density at radius 1 is 1.00 bits per heavy atom. The molecule has 0 heterocycles. The minimum absolute atomic E-state index is 0.179. The van der Waals surface area contributed by atoms with Gasteiger partial charge in [0.25, 0.3) is 5.91 Å². The summed E-state index contributed by atoms with van der Waals surface area (Å²) in [5, 5.41) is 8.59. The maximum Gasteiger partial charge on any atom is 0.323 e. The number of hydrogen-bond donors (Lipinski definition) is 3. The van der Waals surface area contributed by atoms with E-state index < -0.39 is 6.03 Å². The van der Waals surface area contributed by atoms with Gasteiger partial charge in [0, 0.05) is 28.5 Å². The Kier molecular flexibility index (Phi) is 5.38. The van der Waals surface area contributed by atoms with Crippen molar-refractivity contribution in [3.63, 3.8) is 0 Å². The molecule has 6 heteroatoms. The Labute approximate surface area is 133 Å². The largest absolute Gasteiger partial charge is 0.352 e. The molecular weight excluding hydrogens is 302 g/mol. The van der Waals surface area contributed by atoms with Gasteiger partial charge in [-0.25, -0.2) is 4.79 Å². The average Bonchev–Trinajstić information content (AvgIpc) is 2.47. The molecular formula is C16H16ClN3O2. The van der Waals surface area contributed by atoms with Crippen LogP contribution in [-0.2, 0) is 0 Å². The lowest BCUT2D eigenvalue weighted by Gasteiger charge is -2.09. The van der Waals surface area contributed by atoms with Gasteiger partial charge in [-0.05, 0) is 43.3 Å². The van der Waals surface area contributed by atoms with E-state index in [0.29, 0.717) is 28.5 Å². The van der Waals surface area contributed by atoms with Crippen molar-refractivity contribution < 1.29 is 9.59 Å². The van der Waals surface area contributed by atoms with Crippen molar-refractivity contribution in [1.82, 2.24) is 5.32 Å². The molecule has 3 N–H and O–H groups in total. The molecule has 0 unspecified atom stereocenters. The van der Waals surface area contributed by atoms with E-state index in [1.807, 2.05) is 6.92 Å². The van der Waals surface area contributed by atoms with Crippen molar-refractivity contribution in [3.05, 3.63) is 59.1 Å². The summed E-state index contributed by atoms with van der Waals surface area (Å²) >= 11 is 5.86. The highest BCUT2D eigenvalue weighted by molar-refractivity contribution is 6.30. The first-order valence-electron chi connectivity index (χ1n) is 6.80. The summed E-state index contributed by atoms with van der Waals surface area (Å²) in [6.45, 7) is 2.39. The van der Waals surface area contributed by atoms with Crippen molar-refractivity contribution in [1.29, 1.82) is 0 Å². The summed E-state index contributed by atoms with van der Waals surface area (Å²) in [6, 6.07) is 13.2. The molecule has 0 saturated carbocycles. The highest BCUT2D eigenvalue weighted by Crippen LogP contribution is 2.16. The van der Waals surface area contributed by atoms with Crippen LogP contribution in [0.4, 0.5) is 16.2 Å². The zero-order chi connectivity index (χ0) is 15.9. The fraction of sp³-hybridized carbons (Fsp3) is 0.125. The van der Waals surface area contributed by atoms with Gasteiger partial charge in [-0.3, -0.25) is 4.79 Å². The van der Waals surface area contributed by atoms with Gasteiger partial charge in [0.1, 0.15) is 0 Å². The monoisotopic (exact) mass is 317 g/mol. The predicted octanol–water partition coefficient (Wildman–Crippen LogP) is 3.73. The molecule has 0 aromatic heterocycles. The van der Waals surface area contributed by atoms with Crippen molar-refractivity contribution in [3.8, 4) is 0 Å². The Hall–Kier alpha value is -2.53. The third-order valence-electron chi connectivity index (χ3n) is 2.80. The molecule has 5 nitrogen and oxygen atoms in total. The summed E-state index contributed by atoms with van der Waals surface area (Å²) in [7, 11) is 0. The summed E-state index contributed by atoms with van der Waals surface area (Å²) in [5.74, 6) is -0.179. The van der Waals surface area contributed by atoms with Gasteiger partial charge in [0.15, 0.2) is 0 Å². The van der Waals surface area contributed by atoms with Crippen LogP contribution in [0, 0.1) is 0 Å². The van der Waals surface area contributed by atoms with Crippen molar-refractivity contribution in [2.24, 2.45) is 0 Å². The number of halogens is 1. The van der Waals surface area contributed by atoms with Crippen LogP contribution in [0.25, 0.3) is 0 Å². The number of benzene rings is 2. The lowest BCUT2D eigenvalue weighted by Crippen LogP contribution is -2.23. The summed E-state index contributed by atoms with van der Waals surface area (Å²) in [4.78, 5) is 23.7. The second-order valence-corrected chi connectivity index (χ2v) is 4.97. The molecule has 0 radical (unpaired) electrons. The number of carbonyl (C=O) groups excluding carboxylic acids is 2. The van der Waals surface area contributed by atoms with E-state index in [2.05, 4.69) is 16.0 Å². The second kappa shape index (κ2) is 7.47. The van der Waals surface area contributed by atoms with Gasteiger partial charge in [-0.2, -0.15) is 0 Å². The molecule has 2 aromatic carbocycles. The van der Waals surface area contributed by atoms with Gasteiger partial charge in [0.2, 0.25) is 0 Å². The zero-order valence-corrected chi connectivity index (χ0v) is 12.8. The molecule has 2 aromatic rings. The Bertz CT molecular complexity index is 689. The van der Waals surface area contributed by atoms with E-state index in [9.17, 15) is 9.59 Å². The van der Waals surface area contributed by atoms with E-state index >= 15 is 0 Å². The molecule has 0 aliphatic rings. The average molecular weight is 318 g/mol. The molecule has 0 aliphatic heterocycles. The molecule has 0 fully saturated rings. The number of nitrogens with one attached hydrogen (secondary N) is 3. The molecule has 0 atom stereocenters. The van der Waals surface area contributed by atoms with Crippen molar-refractivity contribution in [2.45, 2.75) is 6.92 Å². The Morgan fingerprint density at radius 2 is 1.64 bits per heavy atom. The number of hydrogen-bond acceptors (Lipinski definition) is 2. The first-order chi connectivity index (χ1) is 10.6. The minimum Gasteiger partial charge on any atom is -0.352 e. The number of carbonyl (C=O) groups is 2. The first kappa shape index (κ1) is 15.9. The van der Waals surface area contributed by atoms with E-state index in [0.717, 1.165) is 0 Å².